The van der Waals surface area contributed by atoms with Crippen molar-refractivity contribution in [3.8, 4) is 5.75 Å². The third-order valence-electron chi connectivity index (χ3n) is 8.23. The van der Waals surface area contributed by atoms with E-state index in [4.69, 9.17) is 4.74 Å². The standard InChI is InChI=1S/C28H42N4O6/c1-3-4-10-30(11-5-15-33)25(34)19-32-18-22(20-6-7-24-21(17-20)9-16-38-24)26(27(35)36)23(32)8-12-31-14-13-29(2)28(31)37/h6-7,17,22-23,26,33H,3-5,8-16,18-19H2,1-2H3,(H,35,36). The van der Waals surface area contributed by atoms with Gasteiger partial charge >= 0.3 is 12.0 Å². The zero-order chi connectivity index (χ0) is 27.2. The number of aliphatic carboxylic acids is 1. The molecule has 1 aromatic carbocycles. The summed E-state index contributed by atoms with van der Waals surface area (Å²) in [5.74, 6) is -1.02. The first-order valence-electron chi connectivity index (χ1n) is 13.9. The van der Waals surface area contributed by atoms with Crippen molar-refractivity contribution in [1.82, 2.24) is 19.6 Å². The van der Waals surface area contributed by atoms with Crippen LogP contribution in [0.25, 0.3) is 0 Å². The largest absolute Gasteiger partial charge is 0.493 e. The van der Waals surface area contributed by atoms with E-state index >= 15 is 0 Å². The second-order valence-corrected chi connectivity index (χ2v) is 10.7. The predicted octanol–water partition coefficient (Wildman–Crippen LogP) is 1.86. The van der Waals surface area contributed by atoms with Crippen LogP contribution in [0.4, 0.5) is 4.79 Å². The minimum atomic E-state index is -0.875. The van der Waals surface area contributed by atoms with Gasteiger partial charge in [-0.25, -0.2) is 4.79 Å². The van der Waals surface area contributed by atoms with E-state index in [2.05, 4.69) is 13.0 Å². The van der Waals surface area contributed by atoms with E-state index in [0.29, 0.717) is 58.7 Å². The molecule has 4 rings (SSSR count). The highest BCUT2D eigenvalue weighted by Gasteiger charge is 2.47. The molecule has 2 fully saturated rings. The number of carbonyl (C=O) groups excluding carboxylic acids is 2. The van der Waals surface area contributed by atoms with Crippen molar-refractivity contribution in [2.24, 2.45) is 5.92 Å². The molecule has 10 heteroatoms. The van der Waals surface area contributed by atoms with Gasteiger partial charge in [-0.2, -0.15) is 0 Å². The molecular formula is C28H42N4O6. The maximum Gasteiger partial charge on any atom is 0.319 e. The Balaban J connectivity index is 1.57. The first-order chi connectivity index (χ1) is 18.3. The van der Waals surface area contributed by atoms with Crippen molar-refractivity contribution in [2.75, 3.05) is 66.1 Å². The second-order valence-electron chi connectivity index (χ2n) is 10.7. The molecule has 2 N–H and O–H groups in total. The highest BCUT2D eigenvalue weighted by Crippen LogP contribution is 2.41. The molecule has 2 saturated heterocycles. The number of ether oxygens (including phenoxy) is 1. The molecule has 210 valence electrons. The fourth-order valence-corrected chi connectivity index (χ4v) is 6.07. The lowest BCUT2D eigenvalue weighted by Crippen LogP contribution is -2.46. The minimum absolute atomic E-state index is 0.0196. The van der Waals surface area contributed by atoms with E-state index in [1.54, 1.807) is 21.7 Å². The number of fused-ring (bicyclic) bond motifs is 1. The summed E-state index contributed by atoms with van der Waals surface area (Å²) in [6, 6.07) is 5.54. The fourth-order valence-electron chi connectivity index (χ4n) is 6.07. The Bertz CT molecular complexity index is 996. The first kappa shape index (κ1) is 28.2. The van der Waals surface area contributed by atoms with Crippen LogP contribution in [0, 0.1) is 5.92 Å². The van der Waals surface area contributed by atoms with Gasteiger partial charge < -0.3 is 29.6 Å². The molecule has 3 amide bonds. The van der Waals surface area contributed by atoms with Crippen LogP contribution in [0.3, 0.4) is 0 Å². The van der Waals surface area contributed by atoms with Crippen molar-refractivity contribution in [3.05, 3.63) is 29.3 Å². The smallest absolute Gasteiger partial charge is 0.319 e. The van der Waals surface area contributed by atoms with Gasteiger partial charge in [0, 0.05) is 71.3 Å². The number of carbonyl (C=O) groups is 3. The van der Waals surface area contributed by atoms with E-state index in [1.165, 1.54) is 0 Å². The molecule has 38 heavy (non-hydrogen) atoms. The predicted molar refractivity (Wildman–Crippen MR) is 142 cm³/mol. The Morgan fingerprint density at radius 2 is 1.97 bits per heavy atom. The Morgan fingerprint density at radius 3 is 2.66 bits per heavy atom. The first-order valence-corrected chi connectivity index (χ1v) is 13.9. The summed E-state index contributed by atoms with van der Waals surface area (Å²) < 4.78 is 5.65. The molecule has 3 unspecified atom stereocenters. The molecule has 3 aliphatic rings. The van der Waals surface area contributed by atoms with Crippen LogP contribution >= 0.6 is 0 Å². The molecule has 0 spiro atoms. The number of carboxylic acid groups (broad SMARTS) is 1. The summed E-state index contributed by atoms with van der Waals surface area (Å²) in [7, 11) is 1.77. The maximum atomic E-state index is 13.5. The number of unbranched alkanes of at least 4 members (excludes halogenated alkanes) is 1. The molecule has 0 radical (unpaired) electrons. The number of aliphatic hydroxyl groups is 1. The quantitative estimate of drug-likeness (QED) is 0.400. The highest BCUT2D eigenvalue weighted by molar-refractivity contribution is 5.79. The van der Waals surface area contributed by atoms with Gasteiger partial charge in [-0.3, -0.25) is 14.5 Å². The number of benzene rings is 1. The summed E-state index contributed by atoms with van der Waals surface area (Å²) in [4.78, 5) is 45.9. The topological polar surface area (TPSA) is 114 Å². The van der Waals surface area contributed by atoms with Crippen molar-refractivity contribution in [3.63, 3.8) is 0 Å². The van der Waals surface area contributed by atoms with Gasteiger partial charge in [-0.15, -0.1) is 0 Å². The van der Waals surface area contributed by atoms with E-state index in [1.807, 2.05) is 17.0 Å². The van der Waals surface area contributed by atoms with E-state index in [0.717, 1.165) is 36.1 Å². The summed E-state index contributed by atoms with van der Waals surface area (Å²) in [6.07, 6.45) is 3.64. The van der Waals surface area contributed by atoms with E-state index < -0.39 is 11.9 Å². The van der Waals surface area contributed by atoms with Crippen molar-refractivity contribution in [2.45, 2.75) is 51.0 Å². The molecule has 0 aromatic heterocycles. The number of urea groups is 1. The zero-order valence-corrected chi connectivity index (χ0v) is 22.7. The van der Waals surface area contributed by atoms with Crippen LogP contribution in [-0.2, 0) is 16.0 Å². The number of aliphatic hydroxyl groups excluding tert-OH is 1. The van der Waals surface area contributed by atoms with Crippen molar-refractivity contribution in [1.29, 1.82) is 0 Å². The number of hydrogen-bond donors (Lipinski definition) is 2. The van der Waals surface area contributed by atoms with Gasteiger partial charge in [0.2, 0.25) is 5.91 Å². The molecule has 0 aliphatic carbocycles. The Kier molecular flexibility index (Phi) is 9.49. The van der Waals surface area contributed by atoms with Crippen LogP contribution in [0.5, 0.6) is 5.75 Å². The van der Waals surface area contributed by atoms with Crippen molar-refractivity contribution >= 4 is 17.9 Å². The molecule has 0 bridgehead atoms. The summed E-state index contributed by atoms with van der Waals surface area (Å²) in [6.45, 7) is 6.16. The van der Waals surface area contributed by atoms with E-state index in [9.17, 15) is 24.6 Å². The third-order valence-corrected chi connectivity index (χ3v) is 8.23. The van der Waals surface area contributed by atoms with Gasteiger partial charge in [0.15, 0.2) is 0 Å². The summed E-state index contributed by atoms with van der Waals surface area (Å²) in [5.41, 5.74) is 2.06. The molecular weight excluding hydrogens is 488 g/mol. The molecule has 10 nitrogen and oxygen atoms in total. The number of amides is 3. The van der Waals surface area contributed by atoms with Gasteiger partial charge in [0.25, 0.3) is 0 Å². The molecule has 1 aromatic rings. The number of likely N-dealkylation sites (tertiary alicyclic amines) is 1. The third kappa shape index (κ3) is 6.23. The molecule has 3 aliphatic heterocycles. The second kappa shape index (κ2) is 12.8. The zero-order valence-electron chi connectivity index (χ0n) is 22.7. The molecule has 3 atom stereocenters. The lowest BCUT2D eigenvalue weighted by molar-refractivity contribution is -0.144. The van der Waals surface area contributed by atoms with E-state index in [-0.39, 0.29) is 37.0 Å². The monoisotopic (exact) mass is 530 g/mol. The normalized spacial score (nSPS) is 23.1. The maximum absolute atomic E-state index is 13.5. The van der Waals surface area contributed by atoms with Gasteiger partial charge in [-0.1, -0.05) is 25.5 Å². The van der Waals surface area contributed by atoms with Gasteiger partial charge in [-0.05, 0) is 36.5 Å². The molecule has 3 heterocycles. The Labute approximate surface area is 225 Å². The number of hydrogen-bond acceptors (Lipinski definition) is 6. The number of nitrogens with zero attached hydrogens (tertiary/aromatic N) is 4. The lowest BCUT2D eigenvalue weighted by atomic mass is 9.83. The van der Waals surface area contributed by atoms with Crippen LogP contribution < -0.4 is 4.74 Å². The average Bonchev–Trinajstić information content (AvgIpc) is 3.60. The van der Waals surface area contributed by atoms with Crippen LogP contribution in [0.15, 0.2) is 18.2 Å². The number of rotatable bonds is 13. The molecule has 0 saturated carbocycles. The van der Waals surface area contributed by atoms with Crippen LogP contribution in [0.1, 0.15) is 49.7 Å². The average molecular weight is 531 g/mol. The number of likely N-dealkylation sites (N-methyl/N-ethyl adjacent to an activating group) is 1. The van der Waals surface area contributed by atoms with Gasteiger partial charge in [0.1, 0.15) is 5.75 Å². The number of carboxylic acids is 1. The SMILES string of the molecule is CCCCN(CCCO)C(=O)CN1CC(c2ccc3c(c2)CCO3)C(C(=O)O)C1CCN1CCN(C)C1=O. The fraction of sp³-hybridized carbons (Fsp3) is 0.679. The van der Waals surface area contributed by atoms with Gasteiger partial charge in [0.05, 0.1) is 19.1 Å². The summed E-state index contributed by atoms with van der Waals surface area (Å²) in [5, 5.41) is 19.8. The highest BCUT2D eigenvalue weighted by atomic mass is 16.5. The summed E-state index contributed by atoms with van der Waals surface area (Å²) >= 11 is 0. The Morgan fingerprint density at radius 1 is 1.18 bits per heavy atom. The van der Waals surface area contributed by atoms with Crippen LogP contribution in [0.2, 0.25) is 0 Å². The Hall–Kier alpha value is -2.85. The minimum Gasteiger partial charge on any atom is -0.493 e. The van der Waals surface area contributed by atoms with Crippen LogP contribution in [-0.4, -0.2) is 120 Å². The van der Waals surface area contributed by atoms with Crippen molar-refractivity contribution < 1.29 is 29.3 Å². The lowest BCUT2D eigenvalue weighted by Gasteiger charge is -2.30.